The van der Waals surface area contributed by atoms with Crippen molar-refractivity contribution in [3.8, 4) is 11.5 Å². The molecule has 0 amide bonds. The highest BCUT2D eigenvalue weighted by Crippen LogP contribution is 2.27. The van der Waals surface area contributed by atoms with Gasteiger partial charge in [-0.25, -0.2) is 0 Å². The van der Waals surface area contributed by atoms with E-state index >= 15 is 0 Å². The number of methoxy groups -OCH3 is 2. The number of hydrogen-bond acceptors (Lipinski definition) is 6. The van der Waals surface area contributed by atoms with Crippen LogP contribution in [0.3, 0.4) is 0 Å². The molecule has 3 rings (SSSR count). The zero-order valence-electron chi connectivity index (χ0n) is 19.0. The normalized spacial score (nSPS) is 16.1. The van der Waals surface area contributed by atoms with Gasteiger partial charge < -0.3 is 24.4 Å². The average Bonchev–Trinajstić information content (AvgIpc) is 3.34. The Morgan fingerprint density at radius 1 is 1.26 bits per heavy atom. The van der Waals surface area contributed by atoms with Crippen LogP contribution in [0.5, 0.6) is 11.5 Å². The standard InChI is InChI=1S/C23H34N4O3S/c1-5-24-23(26(2)17-18-8-9-19(28-3)15-21(18)29-4)25-16-20(22-7-6-14-31-22)27-10-12-30-13-11-27/h6-9,14-15,20H,5,10-13,16-17H2,1-4H3,(H,24,25). The number of nitrogens with one attached hydrogen (secondary N) is 1. The molecule has 1 aliphatic rings. The van der Waals surface area contributed by atoms with Crippen molar-refractivity contribution < 1.29 is 14.2 Å². The van der Waals surface area contributed by atoms with Gasteiger partial charge in [0.05, 0.1) is 40.0 Å². The van der Waals surface area contributed by atoms with Gasteiger partial charge in [0.15, 0.2) is 5.96 Å². The van der Waals surface area contributed by atoms with E-state index in [4.69, 9.17) is 19.2 Å². The lowest BCUT2D eigenvalue weighted by Gasteiger charge is -2.33. The van der Waals surface area contributed by atoms with Crippen LogP contribution in [0.1, 0.15) is 23.4 Å². The lowest BCUT2D eigenvalue weighted by atomic mass is 10.2. The molecule has 0 aliphatic carbocycles. The quantitative estimate of drug-likeness (QED) is 0.471. The van der Waals surface area contributed by atoms with Crippen molar-refractivity contribution >= 4 is 17.3 Å². The molecule has 1 aromatic carbocycles. The van der Waals surface area contributed by atoms with Gasteiger partial charge in [-0.3, -0.25) is 9.89 Å². The molecule has 2 aromatic rings. The highest BCUT2D eigenvalue weighted by atomic mass is 32.1. The smallest absolute Gasteiger partial charge is 0.194 e. The first-order valence-electron chi connectivity index (χ1n) is 10.7. The Bertz CT molecular complexity index is 822. The van der Waals surface area contributed by atoms with E-state index in [1.807, 2.05) is 18.2 Å². The van der Waals surface area contributed by atoms with Crippen LogP contribution in [0.2, 0.25) is 0 Å². The molecule has 31 heavy (non-hydrogen) atoms. The molecule has 1 N–H and O–H groups in total. The largest absolute Gasteiger partial charge is 0.497 e. The molecule has 1 aliphatic heterocycles. The number of morpholine rings is 1. The number of thiophene rings is 1. The predicted molar refractivity (Wildman–Crippen MR) is 126 cm³/mol. The van der Waals surface area contributed by atoms with Gasteiger partial charge in [0.25, 0.3) is 0 Å². The van der Waals surface area contributed by atoms with Gasteiger partial charge in [-0.15, -0.1) is 11.3 Å². The molecule has 170 valence electrons. The first-order valence-corrected chi connectivity index (χ1v) is 11.6. The third-order valence-corrected chi connectivity index (χ3v) is 6.34. The number of nitrogens with zero attached hydrogens (tertiary/aromatic N) is 3. The van der Waals surface area contributed by atoms with Crippen LogP contribution in [-0.4, -0.2) is 76.4 Å². The second kappa shape index (κ2) is 11.9. The van der Waals surface area contributed by atoms with Crippen molar-refractivity contribution in [1.29, 1.82) is 0 Å². The summed E-state index contributed by atoms with van der Waals surface area (Å²) in [6, 6.07) is 10.5. The van der Waals surface area contributed by atoms with Crippen molar-refractivity contribution in [3.05, 3.63) is 46.2 Å². The van der Waals surface area contributed by atoms with E-state index in [9.17, 15) is 0 Å². The Morgan fingerprint density at radius 3 is 2.71 bits per heavy atom. The van der Waals surface area contributed by atoms with Crippen LogP contribution in [0.25, 0.3) is 0 Å². The number of guanidine groups is 1. The van der Waals surface area contributed by atoms with Crippen molar-refractivity contribution in [2.75, 3.05) is 60.7 Å². The highest BCUT2D eigenvalue weighted by molar-refractivity contribution is 7.10. The maximum Gasteiger partial charge on any atom is 0.194 e. The maximum atomic E-state index is 5.57. The lowest BCUT2D eigenvalue weighted by Crippen LogP contribution is -2.42. The fourth-order valence-electron chi connectivity index (χ4n) is 3.71. The second-order valence-electron chi connectivity index (χ2n) is 7.41. The summed E-state index contributed by atoms with van der Waals surface area (Å²) in [5.41, 5.74) is 1.08. The zero-order valence-corrected chi connectivity index (χ0v) is 19.8. The van der Waals surface area contributed by atoms with Gasteiger partial charge >= 0.3 is 0 Å². The zero-order chi connectivity index (χ0) is 22.1. The van der Waals surface area contributed by atoms with Gasteiger partial charge in [0, 0.05) is 49.7 Å². The van der Waals surface area contributed by atoms with Crippen LogP contribution in [0.4, 0.5) is 0 Å². The van der Waals surface area contributed by atoms with Gasteiger partial charge in [-0.1, -0.05) is 6.07 Å². The number of rotatable bonds is 9. The Hall–Kier alpha value is -2.29. The summed E-state index contributed by atoms with van der Waals surface area (Å²) in [4.78, 5) is 11.0. The molecule has 1 atom stereocenters. The van der Waals surface area contributed by atoms with Gasteiger partial charge in [-0.2, -0.15) is 0 Å². The summed E-state index contributed by atoms with van der Waals surface area (Å²) in [5.74, 6) is 2.48. The van der Waals surface area contributed by atoms with Crippen molar-refractivity contribution in [3.63, 3.8) is 0 Å². The van der Waals surface area contributed by atoms with E-state index in [-0.39, 0.29) is 6.04 Å². The number of hydrogen-bond donors (Lipinski definition) is 1. The summed E-state index contributed by atoms with van der Waals surface area (Å²) in [6.45, 7) is 7.72. The van der Waals surface area contributed by atoms with Crippen LogP contribution in [0.15, 0.2) is 40.7 Å². The fraction of sp³-hybridized carbons (Fsp3) is 0.522. The Morgan fingerprint density at radius 2 is 2.06 bits per heavy atom. The predicted octanol–water partition coefficient (Wildman–Crippen LogP) is 3.24. The minimum atomic E-state index is 0.265. The molecule has 0 bridgehead atoms. The molecule has 0 spiro atoms. The average molecular weight is 447 g/mol. The molecule has 2 heterocycles. The van der Waals surface area contributed by atoms with Gasteiger partial charge in [-0.05, 0) is 30.5 Å². The number of benzene rings is 1. The SMILES string of the molecule is CCNC(=NCC(c1cccs1)N1CCOCC1)N(C)Cc1ccc(OC)cc1OC. The van der Waals surface area contributed by atoms with Crippen LogP contribution < -0.4 is 14.8 Å². The highest BCUT2D eigenvalue weighted by Gasteiger charge is 2.23. The minimum Gasteiger partial charge on any atom is -0.497 e. The summed E-state index contributed by atoms with van der Waals surface area (Å²) in [7, 11) is 5.40. The van der Waals surface area contributed by atoms with Crippen LogP contribution in [0, 0.1) is 0 Å². The van der Waals surface area contributed by atoms with E-state index in [0.29, 0.717) is 13.1 Å². The second-order valence-corrected chi connectivity index (χ2v) is 8.39. The topological polar surface area (TPSA) is 58.6 Å². The van der Waals surface area contributed by atoms with E-state index in [0.717, 1.165) is 55.9 Å². The monoisotopic (exact) mass is 446 g/mol. The summed E-state index contributed by atoms with van der Waals surface area (Å²) >= 11 is 1.79. The fourth-order valence-corrected chi connectivity index (χ4v) is 4.56. The number of aliphatic imine (C=N–C) groups is 1. The Kier molecular flexibility index (Phi) is 8.99. The molecule has 0 saturated carbocycles. The number of ether oxygens (including phenoxy) is 3. The molecule has 7 nitrogen and oxygen atoms in total. The minimum absolute atomic E-state index is 0.265. The molecular formula is C23H34N4O3S. The first-order chi connectivity index (χ1) is 15.2. The summed E-state index contributed by atoms with van der Waals surface area (Å²) < 4.78 is 16.4. The van der Waals surface area contributed by atoms with E-state index in [1.165, 1.54) is 4.88 Å². The molecule has 1 saturated heterocycles. The van der Waals surface area contributed by atoms with Crippen molar-refractivity contribution in [2.24, 2.45) is 4.99 Å². The Balaban J connectivity index is 1.76. The van der Waals surface area contributed by atoms with E-state index < -0.39 is 0 Å². The van der Waals surface area contributed by atoms with E-state index in [1.54, 1.807) is 25.6 Å². The molecule has 1 fully saturated rings. The van der Waals surface area contributed by atoms with Crippen LogP contribution in [-0.2, 0) is 11.3 Å². The van der Waals surface area contributed by atoms with E-state index in [2.05, 4.69) is 46.6 Å². The third-order valence-electron chi connectivity index (χ3n) is 5.37. The summed E-state index contributed by atoms with van der Waals surface area (Å²) in [5, 5.41) is 5.58. The molecular weight excluding hydrogens is 412 g/mol. The lowest BCUT2D eigenvalue weighted by molar-refractivity contribution is 0.0186. The third kappa shape index (κ3) is 6.35. The van der Waals surface area contributed by atoms with Gasteiger partial charge in [0.1, 0.15) is 11.5 Å². The maximum absolute atomic E-state index is 5.57. The summed E-state index contributed by atoms with van der Waals surface area (Å²) in [6.07, 6.45) is 0. The van der Waals surface area contributed by atoms with Crippen molar-refractivity contribution in [2.45, 2.75) is 19.5 Å². The molecule has 0 radical (unpaired) electrons. The van der Waals surface area contributed by atoms with Crippen molar-refractivity contribution in [1.82, 2.24) is 15.1 Å². The first kappa shape index (κ1) is 23.4. The molecule has 1 unspecified atom stereocenters. The Labute approximate surface area is 189 Å². The van der Waals surface area contributed by atoms with Gasteiger partial charge in [0.2, 0.25) is 0 Å². The molecule has 8 heteroatoms. The van der Waals surface area contributed by atoms with Crippen LogP contribution >= 0.6 is 11.3 Å². The molecule has 1 aromatic heterocycles.